The summed E-state index contributed by atoms with van der Waals surface area (Å²) in [5.74, 6) is -1.96. The second kappa shape index (κ2) is 7.34. The standard InChI is InChI=1S/C16H17FN2O3S/c17-14-9-5-4-8-13(14)11-23(21,22)19-15(16(18)20)10-12-6-2-1-3-7-12/h1-9,15,19H,10-11H2,(H2,18,20)/t15-/m0/s1. The van der Waals surface area contributed by atoms with Gasteiger partial charge in [-0.1, -0.05) is 48.5 Å². The number of amides is 1. The zero-order valence-corrected chi connectivity index (χ0v) is 13.1. The first-order chi connectivity index (χ1) is 10.9. The number of halogens is 1. The van der Waals surface area contributed by atoms with Crippen LogP contribution in [-0.4, -0.2) is 20.4 Å². The Morgan fingerprint density at radius 3 is 2.30 bits per heavy atom. The minimum Gasteiger partial charge on any atom is -0.368 e. The molecule has 5 nitrogen and oxygen atoms in total. The van der Waals surface area contributed by atoms with Crippen LogP contribution >= 0.6 is 0 Å². The Morgan fingerprint density at radius 2 is 1.70 bits per heavy atom. The molecule has 1 amide bonds. The van der Waals surface area contributed by atoms with Gasteiger partial charge in [0.05, 0.1) is 5.75 Å². The van der Waals surface area contributed by atoms with Gasteiger partial charge in [-0.2, -0.15) is 0 Å². The fourth-order valence-electron chi connectivity index (χ4n) is 2.13. The molecular formula is C16H17FN2O3S. The van der Waals surface area contributed by atoms with E-state index in [2.05, 4.69) is 4.72 Å². The summed E-state index contributed by atoms with van der Waals surface area (Å²) in [6.07, 6.45) is 0.132. The topological polar surface area (TPSA) is 89.3 Å². The fraction of sp³-hybridized carbons (Fsp3) is 0.188. The van der Waals surface area contributed by atoms with Gasteiger partial charge in [0.2, 0.25) is 15.9 Å². The molecule has 122 valence electrons. The molecule has 0 aromatic heterocycles. The molecule has 2 aromatic carbocycles. The van der Waals surface area contributed by atoms with E-state index >= 15 is 0 Å². The maximum absolute atomic E-state index is 13.6. The number of rotatable bonds is 7. The largest absolute Gasteiger partial charge is 0.368 e. The number of hydrogen-bond donors (Lipinski definition) is 2. The van der Waals surface area contributed by atoms with Crippen LogP contribution in [0.3, 0.4) is 0 Å². The number of nitrogens with two attached hydrogens (primary N) is 1. The summed E-state index contributed by atoms with van der Waals surface area (Å²) in [6.45, 7) is 0. The lowest BCUT2D eigenvalue weighted by Gasteiger charge is -2.16. The Kier molecular flexibility index (Phi) is 5.46. The molecule has 0 spiro atoms. The number of hydrogen-bond acceptors (Lipinski definition) is 3. The fourth-order valence-corrected chi connectivity index (χ4v) is 3.49. The number of carbonyl (C=O) groups is 1. The SMILES string of the molecule is NC(=O)[C@H](Cc1ccccc1)NS(=O)(=O)Cc1ccccc1F. The molecule has 3 N–H and O–H groups in total. The van der Waals surface area contributed by atoms with Crippen molar-refractivity contribution in [2.24, 2.45) is 5.73 Å². The van der Waals surface area contributed by atoms with Crippen LogP contribution in [0.4, 0.5) is 4.39 Å². The highest BCUT2D eigenvalue weighted by molar-refractivity contribution is 7.88. The Hall–Kier alpha value is -2.25. The lowest BCUT2D eigenvalue weighted by molar-refractivity contribution is -0.119. The van der Waals surface area contributed by atoms with E-state index in [1.807, 2.05) is 6.07 Å². The molecule has 0 fully saturated rings. The molecule has 2 rings (SSSR count). The second-order valence-electron chi connectivity index (χ2n) is 5.11. The minimum absolute atomic E-state index is 0.0305. The molecule has 0 heterocycles. The summed E-state index contributed by atoms with van der Waals surface area (Å²) < 4.78 is 40.2. The van der Waals surface area contributed by atoms with Gasteiger partial charge in [-0.15, -0.1) is 0 Å². The van der Waals surface area contributed by atoms with Crippen molar-refractivity contribution in [3.05, 3.63) is 71.5 Å². The predicted octanol–water partition coefficient (Wildman–Crippen LogP) is 1.34. The molecule has 0 aliphatic heterocycles. The average Bonchev–Trinajstić information content (AvgIpc) is 2.49. The van der Waals surface area contributed by atoms with Crippen LogP contribution in [0.5, 0.6) is 0 Å². The van der Waals surface area contributed by atoms with Gasteiger partial charge in [-0.25, -0.2) is 17.5 Å². The molecule has 0 bridgehead atoms. The van der Waals surface area contributed by atoms with E-state index in [-0.39, 0.29) is 12.0 Å². The van der Waals surface area contributed by atoms with Crippen LogP contribution < -0.4 is 10.5 Å². The third-order valence-electron chi connectivity index (χ3n) is 3.25. The number of primary amides is 1. The molecule has 0 unspecified atom stereocenters. The normalized spacial score (nSPS) is 12.7. The number of sulfonamides is 1. The summed E-state index contributed by atoms with van der Waals surface area (Å²) in [5, 5.41) is 0. The smallest absolute Gasteiger partial charge is 0.235 e. The third-order valence-corrected chi connectivity index (χ3v) is 4.59. The molecule has 0 radical (unpaired) electrons. The summed E-state index contributed by atoms with van der Waals surface area (Å²) in [4.78, 5) is 11.5. The summed E-state index contributed by atoms with van der Waals surface area (Å²) in [7, 11) is -3.91. The Morgan fingerprint density at radius 1 is 1.09 bits per heavy atom. The van der Waals surface area contributed by atoms with Crippen molar-refractivity contribution in [3.63, 3.8) is 0 Å². The lowest BCUT2D eigenvalue weighted by atomic mass is 10.1. The number of nitrogens with one attached hydrogen (secondary N) is 1. The Bertz CT molecular complexity index is 779. The van der Waals surface area contributed by atoms with Crippen LogP contribution in [0.25, 0.3) is 0 Å². The first kappa shape index (κ1) is 17.1. The first-order valence-corrected chi connectivity index (χ1v) is 8.59. The zero-order chi connectivity index (χ0) is 16.9. The minimum atomic E-state index is -3.91. The Labute approximate surface area is 134 Å². The van der Waals surface area contributed by atoms with Crippen LogP contribution in [0.15, 0.2) is 54.6 Å². The highest BCUT2D eigenvalue weighted by Gasteiger charge is 2.23. The first-order valence-electron chi connectivity index (χ1n) is 6.94. The van der Waals surface area contributed by atoms with Crippen molar-refractivity contribution in [1.82, 2.24) is 4.72 Å². The van der Waals surface area contributed by atoms with Gasteiger partial charge in [-0.05, 0) is 18.1 Å². The van der Waals surface area contributed by atoms with Crippen molar-refractivity contribution in [3.8, 4) is 0 Å². The number of carbonyl (C=O) groups excluding carboxylic acids is 1. The van der Waals surface area contributed by atoms with Crippen LogP contribution in [0.1, 0.15) is 11.1 Å². The van der Waals surface area contributed by atoms with E-state index in [4.69, 9.17) is 5.73 Å². The number of benzene rings is 2. The van der Waals surface area contributed by atoms with Crippen LogP contribution in [0, 0.1) is 5.82 Å². The van der Waals surface area contributed by atoms with Crippen molar-refractivity contribution in [2.45, 2.75) is 18.2 Å². The Balaban J connectivity index is 2.12. The molecule has 0 aliphatic carbocycles. The van der Waals surface area contributed by atoms with E-state index in [1.165, 1.54) is 18.2 Å². The monoisotopic (exact) mass is 336 g/mol. The highest BCUT2D eigenvalue weighted by atomic mass is 32.2. The summed E-state index contributed by atoms with van der Waals surface area (Å²) in [6, 6.07) is 13.4. The zero-order valence-electron chi connectivity index (χ0n) is 12.3. The average molecular weight is 336 g/mol. The maximum Gasteiger partial charge on any atom is 0.235 e. The van der Waals surface area contributed by atoms with Gasteiger partial charge in [0, 0.05) is 5.56 Å². The third kappa shape index (κ3) is 5.15. The van der Waals surface area contributed by atoms with E-state index < -0.39 is 33.5 Å². The summed E-state index contributed by atoms with van der Waals surface area (Å²) >= 11 is 0. The lowest BCUT2D eigenvalue weighted by Crippen LogP contribution is -2.46. The van der Waals surface area contributed by atoms with E-state index in [0.717, 1.165) is 5.56 Å². The molecule has 0 saturated heterocycles. The van der Waals surface area contributed by atoms with Gasteiger partial charge in [-0.3, -0.25) is 4.79 Å². The van der Waals surface area contributed by atoms with Crippen molar-refractivity contribution >= 4 is 15.9 Å². The van der Waals surface area contributed by atoms with Crippen molar-refractivity contribution in [2.75, 3.05) is 0 Å². The molecule has 2 aromatic rings. The van der Waals surface area contributed by atoms with E-state index in [0.29, 0.717) is 0 Å². The van der Waals surface area contributed by atoms with Gasteiger partial charge >= 0.3 is 0 Å². The van der Waals surface area contributed by atoms with Gasteiger partial charge in [0.15, 0.2) is 0 Å². The second-order valence-corrected chi connectivity index (χ2v) is 6.87. The summed E-state index contributed by atoms with van der Waals surface area (Å²) in [5.41, 5.74) is 6.07. The van der Waals surface area contributed by atoms with Crippen LogP contribution in [-0.2, 0) is 27.0 Å². The predicted molar refractivity (Wildman–Crippen MR) is 85.3 cm³/mol. The molecule has 1 atom stereocenters. The molecule has 0 saturated carbocycles. The van der Waals surface area contributed by atoms with E-state index in [9.17, 15) is 17.6 Å². The quantitative estimate of drug-likeness (QED) is 0.799. The van der Waals surface area contributed by atoms with Crippen molar-refractivity contribution in [1.29, 1.82) is 0 Å². The van der Waals surface area contributed by atoms with Crippen molar-refractivity contribution < 1.29 is 17.6 Å². The van der Waals surface area contributed by atoms with E-state index in [1.54, 1.807) is 30.3 Å². The van der Waals surface area contributed by atoms with Gasteiger partial charge in [0.25, 0.3) is 0 Å². The van der Waals surface area contributed by atoms with Gasteiger partial charge in [0.1, 0.15) is 11.9 Å². The molecular weight excluding hydrogens is 319 g/mol. The van der Waals surface area contributed by atoms with Crippen LogP contribution in [0.2, 0.25) is 0 Å². The maximum atomic E-state index is 13.6. The highest BCUT2D eigenvalue weighted by Crippen LogP contribution is 2.11. The van der Waals surface area contributed by atoms with Gasteiger partial charge < -0.3 is 5.73 Å². The molecule has 23 heavy (non-hydrogen) atoms. The molecule has 7 heteroatoms. The molecule has 0 aliphatic rings.